The predicted octanol–water partition coefficient (Wildman–Crippen LogP) is 4.11. The van der Waals surface area contributed by atoms with E-state index in [1.54, 1.807) is 13.8 Å². The molecule has 0 aromatic heterocycles. The maximum absolute atomic E-state index is 13.3. The number of rotatable bonds is 12. The third-order valence-electron chi connectivity index (χ3n) is 8.03. The van der Waals surface area contributed by atoms with Crippen molar-refractivity contribution in [1.29, 1.82) is 0 Å². The number of aliphatic hydroxyl groups is 4. The van der Waals surface area contributed by atoms with E-state index in [9.17, 15) is 30.0 Å². The maximum Gasteiger partial charge on any atom is 0.203 e. The van der Waals surface area contributed by atoms with E-state index in [4.69, 9.17) is 0 Å². The lowest BCUT2D eigenvalue weighted by atomic mass is 9.50. The summed E-state index contributed by atoms with van der Waals surface area (Å²) in [6, 6.07) is 0. The summed E-state index contributed by atoms with van der Waals surface area (Å²) in [5, 5.41) is 42.2. The number of ketones is 2. The van der Waals surface area contributed by atoms with Gasteiger partial charge in [0.1, 0.15) is 5.78 Å². The number of allylic oxidation sites excluding steroid dienone is 2. The van der Waals surface area contributed by atoms with E-state index in [-0.39, 0.29) is 37.1 Å². The van der Waals surface area contributed by atoms with E-state index in [0.717, 1.165) is 25.7 Å². The van der Waals surface area contributed by atoms with Crippen LogP contribution in [0.15, 0.2) is 11.3 Å². The molecule has 184 valence electrons. The molecule has 0 radical (unpaired) electrons. The van der Waals surface area contributed by atoms with Gasteiger partial charge in [-0.2, -0.15) is 0 Å². The molecule has 0 saturated heterocycles. The van der Waals surface area contributed by atoms with Gasteiger partial charge in [0.2, 0.25) is 5.78 Å². The fourth-order valence-electron chi connectivity index (χ4n) is 6.25. The molecule has 7 atom stereocenters. The van der Waals surface area contributed by atoms with Crippen LogP contribution in [-0.2, 0) is 9.59 Å². The largest absolute Gasteiger partial charge is 0.504 e. The van der Waals surface area contributed by atoms with Gasteiger partial charge < -0.3 is 20.4 Å². The second-order valence-electron chi connectivity index (χ2n) is 10.4. The highest BCUT2D eigenvalue weighted by Crippen LogP contribution is 2.55. The fourth-order valence-corrected chi connectivity index (χ4v) is 6.25. The van der Waals surface area contributed by atoms with Crippen molar-refractivity contribution in [1.82, 2.24) is 0 Å². The van der Waals surface area contributed by atoms with E-state index in [2.05, 4.69) is 6.92 Å². The number of carbonyl (C=O) groups is 2. The Morgan fingerprint density at radius 2 is 1.72 bits per heavy atom. The second kappa shape index (κ2) is 11.8. The topological polar surface area (TPSA) is 115 Å². The predicted molar refractivity (Wildman–Crippen MR) is 124 cm³/mol. The zero-order valence-electron chi connectivity index (χ0n) is 20.3. The summed E-state index contributed by atoms with van der Waals surface area (Å²) in [6.45, 7) is 7.23. The van der Waals surface area contributed by atoms with Crippen molar-refractivity contribution in [3.8, 4) is 0 Å². The number of aliphatic hydroxyl groups excluding tert-OH is 4. The summed E-state index contributed by atoms with van der Waals surface area (Å²) in [5.41, 5.74) is -0.916. The van der Waals surface area contributed by atoms with Gasteiger partial charge in [0.25, 0.3) is 0 Å². The normalized spacial score (nSPS) is 33.8. The Labute approximate surface area is 193 Å². The highest BCUT2D eigenvalue weighted by molar-refractivity contribution is 6.02. The molecule has 4 N–H and O–H groups in total. The number of carbonyl (C=O) groups excluding carboxylic acids is 2. The van der Waals surface area contributed by atoms with Crippen LogP contribution in [0.1, 0.15) is 91.9 Å². The summed E-state index contributed by atoms with van der Waals surface area (Å²) in [4.78, 5) is 26.5. The van der Waals surface area contributed by atoms with E-state index < -0.39 is 41.0 Å². The van der Waals surface area contributed by atoms with Gasteiger partial charge in [0.05, 0.1) is 23.5 Å². The molecule has 0 spiro atoms. The first-order valence-electron chi connectivity index (χ1n) is 12.6. The first-order chi connectivity index (χ1) is 15.1. The molecule has 0 unspecified atom stereocenters. The molecule has 1 fully saturated rings. The van der Waals surface area contributed by atoms with Gasteiger partial charge in [0, 0.05) is 18.9 Å². The van der Waals surface area contributed by atoms with E-state index >= 15 is 0 Å². The van der Waals surface area contributed by atoms with Crippen LogP contribution in [0.25, 0.3) is 0 Å². The Morgan fingerprint density at radius 1 is 1.12 bits per heavy atom. The van der Waals surface area contributed by atoms with Gasteiger partial charge in [-0.15, -0.1) is 0 Å². The smallest absolute Gasteiger partial charge is 0.203 e. The molecular formula is C26H44O6. The van der Waals surface area contributed by atoms with Crippen LogP contribution >= 0.6 is 0 Å². The summed E-state index contributed by atoms with van der Waals surface area (Å²) < 4.78 is 0. The fraction of sp³-hybridized carbons (Fsp3) is 0.846. The number of Topliss-reactive ketones (excluding diaryl/α,β-unsaturated/α-hetero) is 2. The molecule has 0 amide bonds. The van der Waals surface area contributed by atoms with Crippen LogP contribution in [0, 0.1) is 29.1 Å². The standard InChI is InChI=1S/C26H44O6/c1-5-6-7-8-9-10-11-12-16(2)21-25(32)24(31)20-22(18(28)15-17(3)23(20)30)26(21,4)19(29)13-14-27/h16-18,20,22-23,27-28,30,32H,5-15H2,1-4H3/t16-,17-,18+,20+,22-,23-,26-/m1/s1. The van der Waals surface area contributed by atoms with Crippen LogP contribution in [0.5, 0.6) is 0 Å². The van der Waals surface area contributed by atoms with Gasteiger partial charge >= 0.3 is 0 Å². The molecule has 2 aliphatic rings. The van der Waals surface area contributed by atoms with Crippen molar-refractivity contribution < 1.29 is 30.0 Å². The number of hydrogen-bond donors (Lipinski definition) is 4. The molecule has 1 saturated carbocycles. The van der Waals surface area contributed by atoms with Gasteiger partial charge in [-0.1, -0.05) is 65.7 Å². The molecule has 2 aliphatic carbocycles. The van der Waals surface area contributed by atoms with Crippen molar-refractivity contribution in [3.05, 3.63) is 11.3 Å². The second-order valence-corrected chi connectivity index (χ2v) is 10.4. The Morgan fingerprint density at radius 3 is 2.31 bits per heavy atom. The molecule has 0 aromatic rings. The lowest BCUT2D eigenvalue weighted by Gasteiger charge is -2.53. The number of unbranched alkanes of at least 4 members (excludes halogenated alkanes) is 6. The van der Waals surface area contributed by atoms with Crippen LogP contribution < -0.4 is 0 Å². The quantitative estimate of drug-likeness (QED) is 0.331. The number of hydrogen-bond acceptors (Lipinski definition) is 6. The molecule has 6 heteroatoms. The van der Waals surface area contributed by atoms with Crippen LogP contribution in [0.2, 0.25) is 0 Å². The summed E-state index contributed by atoms with van der Waals surface area (Å²) in [5.74, 6) is -3.63. The average molecular weight is 453 g/mol. The SMILES string of the molecule is CCCCCCCCC[C@@H](C)C1=C(O)C(=O)[C@@H]2[C@H](O)[C@H](C)C[C@H](O)[C@H]2[C@]1(C)C(=O)CCO. The van der Waals surface area contributed by atoms with Crippen molar-refractivity contribution in [3.63, 3.8) is 0 Å². The Bertz CT molecular complexity index is 686. The van der Waals surface area contributed by atoms with E-state index in [1.807, 2.05) is 6.92 Å². The van der Waals surface area contributed by atoms with Crippen LogP contribution in [0.3, 0.4) is 0 Å². The highest BCUT2D eigenvalue weighted by Gasteiger charge is 2.61. The third-order valence-corrected chi connectivity index (χ3v) is 8.03. The monoisotopic (exact) mass is 452 g/mol. The molecule has 2 rings (SSSR count). The maximum atomic E-state index is 13.3. The van der Waals surface area contributed by atoms with Crippen LogP contribution in [0.4, 0.5) is 0 Å². The summed E-state index contributed by atoms with van der Waals surface area (Å²) in [7, 11) is 0. The molecule has 6 nitrogen and oxygen atoms in total. The first kappa shape index (κ1) is 27.0. The van der Waals surface area contributed by atoms with Gasteiger partial charge in [0.15, 0.2) is 5.76 Å². The Hall–Kier alpha value is -1.24. The van der Waals surface area contributed by atoms with Crippen molar-refractivity contribution in [2.24, 2.45) is 29.1 Å². The molecular weight excluding hydrogens is 408 g/mol. The van der Waals surface area contributed by atoms with E-state index in [0.29, 0.717) is 5.57 Å². The number of fused-ring (bicyclic) bond motifs is 1. The molecule has 0 aromatic carbocycles. The Balaban J connectivity index is 2.32. The van der Waals surface area contributed by atoms with Crippen molar-refractivity contribution >= 4 is 11.6 Å². The lowest BCUT2D eigenvalue weighted by Crippen LogP contribution is -2.61. The first-order valence-corrected chi connectivity index (χ1v) is 12.6. The molecule has 32 heavy (non-hydrogen) atoms. The molecule has 0 heterocycles. The highest BCUT2D eigenvalue weighted by atomic mass is 16.3. The zero-order chi connectivity index (χ0) is 24.1. The lowest BCUT2D eigenvalue weighted by molar-refractivity contribution is -0.161. The van der Waals surface area contributed by atoms with Gasteiger partial charge in [-0.3, -0.25) is 9.59 Å². The van der Waals surface area contributed by atoms with Crippen LogP contribution in [-0.4, -0.2) is 50.8 Å². The average Bonchev–Trinajstić information content (AvgIpc) is 2.74. The molecule has 0 bridgehead atoms. The van der Waals surface area contributed by atoms with E-state index in [1.165, 1.54) is 25.7 Å². The minimum atomic E-state index is -1.30. The zero-order valence-corrected chi connectivity index (χ0v) is 20.3. The Kier molecular flexibility index (Phi) is 9.92. The summed E-state index contributed by atoms with van der Waals surface area (Å²) >= 11 is 0. The minimum Gasteiger partial charge on any atom is -0.504 e. The van der Waals surface area contributed by atoms with Gasteiger partial charge in [-0.25, -0.2) is 0 Å². The summed E-state index contributed by atoms with van der Waals surface area (Å²) in [6.07, 6.45) is 6.96. The van der Waals surface area contributed by atoms with Crippen molar-refractivity contribution in [2.75, 3.05) is 6.61 Å². The van der Waals surface area contributed by atoms with Crippen molar-refractivity contribution in [2.45, 2.75) is 104 Å². The third kappa shape index (κ3) is 5.28. The van der Waals surface area contributed by atoms with Gasteiger partial charge in [-0.05, 0) is 37.2 Å². The molecule has 0 aliphatic heterocycles. The minimum absolute atomic E-state index is 0.118.